The highest BCUT2D eigenvalue weighted by Gasteiger charge is 2.22. The molecule has 31 heavy (non-hydrogen) atoms. The maximum atomic E-state index is 13.9. The van der Waals surface area contributed by atoms with Crippen LogP contribution in [0.2, 0.25) is 5.02 Å². The first-order valence-electron chi connectivity index (χ1n) is 11.8. The van der Waals surface area contributed by atoms with Crippen LogP contribution in [0.1, 0.15) is 93.7 Å². The molecule has 0 aliphatic heterocycles. The van der Waals surface area contributed by atoms with Gasteiger partial charge in [0.2, 0.25) is 0 Å². The lowest BCUT2D eigenvalue weighted by Crippen LogP contribution is -2.21. The molecule has 1 aliphatic carbocycles. The monoisotopic (exact) mass is 440 g/mol. The zero-order valence-electron chi connectivity index (χ0n) is 18.6. The minimum Gasteiger partial charge on any atom is -0.378 e. The Morgan fingerprint density at radius 3 is 2.32 bits per heavy atom. The van der Waals surface area contributed by atoms with E-state index in [-0.39, 0.29) is 5.82 Å². The summed E-state index contributed by atoms with van der Waals surface area (Å²) in [6.07, 6.45) is 13.0. The number of halogens is 2. The molecule has 0 spiro atoms. The number of rotatable bonds is 9. The van der Waals surface area contributed by atoms with Crippen molar-refractivity contribution in [3.05, 3.63) is 70.0 Å². The summed E-state index contributed by atoms with van der Waals surface area (Å²) < 4.78 is 20.0. The molecule has 2 aromatic rings. The van der Waals surface area contributed by atoms with Gasteiger partial charge in [-0.15, -0.1) is 0 Å². The minimum absolute atomic E-state index is 0.368. The van der Waals surface area contributed by atoms with E-state index in [0.717, 1.165) is 25.0 Å². The molecule has 0 radical (unpaired) electrons. The highest BCUT2D eigenvalue weighted by atomic mass is 35.5. The highest BCUT2D eigenvalue weighted by Crippen LogP contribution is 2.34. The lowest BCUT2D eigenvalue weighted by molar-refractivity contribution is 0.0226. The standard InChI is InChI=1S/C28H34ClFO/c1-2-3-4-5-6-7-20-31-27-18-15-24(16-19-27)23-11-8-22(9-12-23)10-13-25-14-17-26(29)21-28(25)30/h8-9,11-12,14,17,21,24,27H,2-7,15-16,18-20H2,1H3. The van der Waals surface area contributed by atoms with Crippen molar-refractivity contribution in [2.45, 2.75) is 83.2 Å². The maximum absolute atomic E-state index is 13.9. The number of benzene rings is 2. The average molecular weight is 441 g/mol. The van der Waals surface area contributed by atoms with E-state index in [2.05, 4.69) is 30.9 Å². The normalized spacial score (nSPS) is 18.4. The molecule has 1 nitrogen and oxygen atoms in total. The number of ether oxygens (including phenoxy) is 1. The van der Waals surface area contributed by atoms with E-state index >= 15 is 0 Å². The van der Waals surface area contributed by atoms with Crippen molar-refractivity contribution in [1.29, 1.82) is 0 Å². The summed E-state index contributed by atoms with van der Waals surface area (Å²) in [6.45, 7) is 3.18. The molecule has 0 unspecified atom stereocenters. The first kappa shape index (κ1) is 23.8. The second kappa shape index (κ2) is 12.9. The second-order valence-electron chi connectivity index (χ2n) is 8.61. The fraction of sp³-hybridized carbons (Fsp3) is 0.500. The van der Waals surface area contributed by atoms with Crippen LogP contribution in [0.3, 0.4) is 0 Å². The van der Waals surface area contributed by atoms with Crippen LogP contribution in [0.15, 0.2) is 42.5 Å². The molecule has 0 saturated heterocycles. The molecule has 0 atom stereocenters. The molecule has 3 heteroatoms. The van der Waals surface area contributed by atoms with E-state index in [1.807, 2.05) is 12.1 Å². The molecule has 1 aliphatic rings. The Bertz CT molecular complexity index is 857. The van der Waals surface area contributed by atoms with E-state index in [1.54, 1.807) is 12.1 Å². The summed E-state index contributed by atoms with van der Waals surface area (Å²) in [5, 5.41) is 0.384. The van der Waals surface area contributed by atoms with Crippen LogP contribution < -0.4 is 0 Å². The van der Waals surface area contributed by atoms with E-state index in [0.29, 0.717) is 22.6 Å². The van der Waals surface area contributed by atoms with Crippen molar-refractivity contribution in [2.24, 2.45) is 0 Å². The Hall–Kier alpha value is -1.82. The first-order valence-corrected chi connectivity index (χ1v) is 12.2. The third-order valence-electron chi connectivity index (χ3n) is 6.18. The number of hydrogen-bond acceptors (Lipinski definition) is 1. The second-order valence-corrected chi connectivity index (χ2v) is 9.04. The average Bonchev–Trinajstić information content (AvgIpc) is 2.79. The van der Waals surface area contributed by atoms with Crippen LogP contribution >= 0.6 is 11.6 Å². The summed E-state index contributed by atoms with van der Waals surface area (Å²) in [6, 6.07) is 13.0. The Balaban J connectivity index is 1.41. The molecule has 0 N–H and O–H groups in total. The molecule has 0 bridgehead atoms. The summed E-state index contributed by atoms with van der Waals surface area (Å²) in [5.41, 5.74) is 2.64. The fourth-order valence-corrected chi connectivity index (χ4v) is 4.42. The Morgan fingerprint density at radius 1 is 0.903 bits per heavy atom. The van der Waals surface area contributed by atoms with Crippen LogP contribution in [-0.2, 0) is 4.74 Å². The van der Waals surface area contributed by atoms with Crippen molar-refractivity contribution >= 4 is 11.6 Å². The van der Waals surface area contributed by atoms with E-state index < -0.39 is 0 Å². The zero-order chi connectivity index (χ0) is 21.9. The van der Waals surface area contributed by atoms with E-state index in [9.17, 15) is 4.39 Å². The van der Waals surface area contributed by atoms with Crippen molar-refractivity contribution in [1.82, 2.24) is 0 Å². The predicted octanol–water partition coefficient (Wildman–Crippen LogP) is 8.28. The zero-order valence-corrected chi connectivity index (χ0v) is 19.4. The van der Waals surface area contributed by atoms with Crippen molar-refractivity contribution in [2.75, 3.05) is 6.61 Å². The minimum atomic E-state index is -0.382. The molecular formula is C28H34ClFO. The van der Waals surface area contributed by atoms with Crippen LogP contribution in [0.4, 0.5) is 4.39 Å². The van der Waals surface area contributed by atoms with Gasteiger partial charge < -0.3 is 4.74 Å². The summed E-state index contributed by atoms with van der Waals surface area (Å²) in [7, 11) is 0. The van der Waals surface area contributed by atoms with E-state index in [4.69, 9.17) is 16.3 Å². The maximum Gasteiger partial charge on any atom is 0.140 e. The van der Waals surface area contributed by atoms with Crippen molar-refractivity contribution < 1.29 is 9.13 Å². The van der Waals surface area contributed by atoms with Gasteiger partial charge in [-0.25, -0.2) is 4.39 Å². The van der Waals surface area contributed by atoms with Gasteiger partial charge in [-0.1, -0.05) is 74.6 Å². The van der Waals surface area contributed by atoms with Crippen LogP contribution in [0.25, 0.3) is 0 Å². The van der Waals surface area contributed by atoms with Crippen LogP contribution in [0, 0.1) is 17.7 Å². The number of hydrogen-bond donors (Lipinski definition) is 0. The van der Waals surface area contributed by atoms with Gasteiger partial charge in [-0.2, -0.15) is 0 Å². The van der Waals surface area contributed by atoms with Gasteiger partial charge in [0.05, 0.1) is 11.7 Å². The molecule has 0 aromatic heterocycles. The van der Waals surface area contributed by atoms with Gasteiger partial charge in [-0.3, -0.25) is 0 Å². The van der Waals surface area contributed by atoms with Crippen LogP contribution in [0.5, 0.6) is 0 Å². The van der Waals surface area contributed by atoms with Gasteiger partial charge in [-0.05, 0) is 73.9 Å². The Kier molecular flexibility index (Phi) is 9.91. The quantitative estimate of drug-likeness (QED) is 0.281. The topological polar surface area (TPSA) is 9.23 Å². The fourth-order valence-electron chi connectivity index (χ4n) is 4.26. The van der Waals surface area contributed by atoms with Gasteiger partial charge >= 0.3 is 0 Å². The van der Waals surface area contributed by atoms with Gasteiger partial charge in [0.15, 0.2) is 0 Å². The lowest BCUT2D eigenvalue weighted by Gasteiger charge is -2.29. The Morgan fingerprint density at radius 2 is 1.61 bits per heavy atom. The number of unbranched alkanes of at least 4 members (excludes halogenated alkanes) is 5. The lowest BCUT2D eigenvalue weighted by atomic mass is 9.82. The van der Waals surface area contributed by atoms with Gasteiger partial charge in [0.1, 0.15) is 5.82 Å². The van der Waals surface area contributed by atoms with Crippen molar-refractivity contribution in [3.8, 4) is 11.8 Å². The van der Waals surface area contributed by atoms with E-state index in [1.165, 1.54) is 63.0 Å². The molecule has 166 valence electrons. The highest BCUT2D eigenvalue weighted by molar-refractivity contribution is 6.30. The third kappa shape index (κ3) is 7.99. The summed E-state index contributed by atoms with van der Waals surface area (Å²) in [4.78, 5) is 0. The molecule has 1 saturated carbocycles. The third-order valence-corrected chi connectivity index (χ3v) is 6.42. The molecule has 3 rings (SSSR count). The molecular weight excluding hydrogens is 407 g/mol. The Labute approximate surface area is 192 Å². The largest absolute Gasteiger partial charge is 0.378 e. The molecule has 0 amide bonds. The SMILES string of the molecule is CCCCCCCCOC1CCC(c2ccc(C#Cc3ccc(Cl)cc3F)cc2)CC1. The predicted molar refractivity (Wildman–Crippen MR) is 128 cm³/mol. The van der Waals surface area contributed by atoms with Gasteiger partial charge in [0.25, 0.3) is 0 Å². The molecule has 1 fully saturated rings. The van der Waals surface area contributed by atoms with Gasteiger partial charge in [0, 0.05) is 17.2 Å². The molecule has 2 aromatic carbocycles. The summed E-state index contributed by atoms with van der Waals surface area (Å²) >= 11 is 5.79. The summed E-state index contributed by atoms with van der Waals surface area (Å²) in [5.74, 6) is 6.17. The van der Waals surface area contributed by atoms with Crippen molar-refractivity contribution in [3.63, 3.8) is 0 Å². The smallest absolute Gasteiger partial charge is 0.140 e. The van der Waals surface area contributed by atoms with Crippen LogP contribution in [-0.4, -0.2) is 12.7 Å². The first-order chi connectivity index (χ1) is 15.2. The molecule has 0 heterocycles.